The fourth-order valence-electron chi connectivity index (χ4n) is 2.09. The SMILES string of the molecule is CN=C(NCCOc1ccccc1)NCc1cccc(S(N)(=O)=O)c1. The number of hydrogen-bond donors (Lipinski definition) is 3. The van der Waals surface area contributed by atoms with E-state index in [9.17, 15) is 8.42 Å². The fourth-order valence-corrected chi connectivity index (χ4v) is 2.68. The Bertz CT molecular complexity index is 808. The van der Waals surface area contributed by atoms with E-state index in [1.54, 1.807) is 13.1 Å². The van der Waals surface area contributed by atoms with Crippen LogP contribution in [0, 0.1) is 0 Å². The second kappa shape index (κ2) is 9.05. The lowest BCUT2D eigenvalue weighted by Gasteiger charge is -2.13. The second-order valence-corrected chi connectivity index (χ2v) is 6.77. The van der Waals surface area contributed by atoms with Crippen molar-refractivity contribution in [1.29, 1.82) is 0 Å². The molecule has 0 atom stereocenters. The van der Waals surface area contributed by atoms with Crippen LogP contribution in [0.1, 0.15) is 5.56 Å². The predicted octanol–water partition coefficient (Wildman–Crippen LogP) is 1.08. The zero-order valence-corrected chi connectivity index (χ0v) is 14.8. The molecule has 2 rings (SSSR count). The molecular weight excluding hydrogens is 340 g/mol. The third-order valence-corrected chi connectivity index (χ3v) is 4.23. The van der Waals surface area contributed by atoms with Gasteiger partial charge >= 0.3 is 0 Å². The number of guanidine groups is 1. The monoisotopic (exact) mass is 362 g/mol. The molecule has 0 fully saturated rings. The summed E-state index contributed by atoms with van der Waals surface area (Å²) >= 11 is 0. The molecule has 4 N–H and O–H groups in total. The van der Waals surface area contributed by atoms with Crippen molar-refractivity contribution in [3.05, 3.63) is 60.2 Å². The maximum atomic E-state index is 11.4. The van der Waals surface area contributed by atoms with Gasteiger partial charge in [-0.15, -0.1) is 0 Å². The quantitative estimate of drug-likeness (QED) is 0.388. The van der Waals surface area contributed by atoms with Crippen LogP contribution < -0.4 is 20.5 Å². The van der Waals surface area contributed by atoms with Crippen molar-refractivity contribution >= 4 is 16.0 Å². The summed E-state index contributed by atoms with van der Waals surface area (Å²) in [4.78, 5) is 4.20. The van der Waals surface area contributed by atoms with Crippen molar-refractivity contribution in [3.8, 4) is 5.75 Å². The zero-order valence-electron chi connectivity index (χ0n) is 14.0. The smallest absolute Gasteiger partial charge is 0.238 e. The van der Waals surface area contributed by atoms with Gasteiger partial charge in [0, 0.05) is 13.6 Å². The van der Waals surface area contributed by atoms with Crippen LogP contribution in [-0.2, 0) is 16.6 Å². The standard InChI is InChI=1S/C17H22N4O3S/c1-19-17(20-10-11-24-15-7-3-2-4-8-15)21-13-14-6-5-9-16(12-14)25(18,22)23/h2-9,12H,10-11,13H2,1H3,(H2,18,22,23)(H2,19,20,21). The highest BCUT2D eigenvalue weighted by Crippen LogP contribution is 2.09. The molecule has 0 aliphatic carbocycles. The van der Waals surface area contributed by atoms with Crippen LogP contribution in [0.3, 0.4) is 0 Å². The summed E-state index contributed by atoms with van der Waals surface area (Å²) in [7, 11) is -2.04. The summed E-state index contributed by atoms with van der Waals surface area (Å²) in [5.41, 5.74) is 0.787. The minimum absolute atomic E-state index is 0.0889. The molecule has 25 heavy (non-hydrogen) atoms. The summed E-state index contributed by atoms with van der Waals surface area (Å²) < 4.78 is 28.3. The Labute approximate surface area is 148 Å². The molecule has 0 saturated carbocycles. The summed E-state index contributed by atoms with van der Waals surface area (Å²) in [5, 5.41) is 11.4. The second-order valence-electron chi connectivity index (χ2n) is 5.21. The van der Waals surface area contributed by atoms with Gasteiger partial charge in [0.1, 0.15) is 12.4 Å². The van der Waals surface area contributed by atoms with Gasteiger partial charge in [0.15, 0.2) is 5.96 Å². The fraction of sp³-hybridized carbons (Fsp3) is 0.235. The number of para-hydroxylation sites is 1. The first kappa shape index (κ1) is 18.8. The van der Waals surface area contributed by atoms with Crippen LogP contribution in [0.4, 0.5) is 0 Å². The normalized spacial score (nSPS) is 11.8. The Morgan fingerprint density at radius 1 is 1.12 bits per heavy atom. The number of benzene rings is 2. The largest absolute Gasteiger partial charge is 0.492 e. The number of sulfonamides is 1. The van der Waals surface area contributed by atoms with Crippen molar-refractivity contribution in [2.45, 2.75) is 11.4 Å². The van der Waals surface area contributed by atoms with Crippen molar-refractivity contribution in [2.75, 3.05) is 20.2 Å². The molecule has 0 saturated heterocycles. The molecule has 0 bridgehead atoms. The molecule has 0 spiro atoms. The Morgan fingerprint density at radius 2 is 1.88 bits per heavy atom. The molecule has 7 nitrogen and oxygen atoms in total. The first-order valence-electron chi connectivity index (χ1n) is 7.73. The van der Waals surface area contributed by atoms with Gasteiger partial charge in [-0.3, -0.25) is 4.99 Å². The maximum Gasteiger partial charge on any atom is 0.238 e. The van der Waals surface area contributed by atoms with Crippen LogP contribution >= 0.6 is 0 Å². The highest BCUT2D eigenvalue weighted by atomic mass is 32.2. The zero-order chi connectivity index (χ0) is 18.1. The van der Waals surface area contributed by atoms with Gasteiger partial charge in [-0.1, -0.05) is 30.3 Å². The van der Waals surface area contributed by atoms with Crippen LogP contribution in [0.15, 0.2) is 64.5 Å². The molecular formula is C17H22N4O3S. The van der Waals surface area contributed by atoms with Crippen molar-refractivity contribution in [2.24, 2.45) is 10.1 Å². The Morgan fingerprint density at radius 3 is 2.56 bits per heavy atom. The molecule has 134 valence electrons. The van der Waals surface area contributed by atoms with Crippen molar-refractivity contribution < 1.29 is 13.2 Å². The number of ether oxygens (including phenoxy) is 1. The van der Waals surface area contributed by atoms with Crippen LogP contribution in [0.5, 0.6) is 5.75 Å². The van der Waals surface area contributed by atoms with Gasteiger partial charge in [-0.05, 0) is 29.8 Å². The molecule has 2 aromatic carbocycles. The first-order valence-corrected chi connectivity index (χ1v) is 9.28. The maximum absolute atomic E-state index is 11.4. The third kappa shape index (κ3) is 6.44. The lowest BCUT2D eigenvalue weighted by Crippen LogP contribution is -2.38. The van der Waals surface area contributed by atoms with Gasteiger partial charge in [-0.2, -0.15) is 0 Å². The van der Waals surface area contributed by atoms with Crippen LogP contribution in [-0.4, -0.2) is 34.6 Å². The number of aliphatic imine (C=N–C) groups is 1. The summed E-state index contributed by atoms with van der Waals surface area (Å²) in [5.74, 6) is 1.41. The van der Waals surface area contributed by atoms with Gasteiger partial charge < -0.3 is 15.4 Å². The highest BCUT2D eigenvalue weighted by molar-refractivity contribution is 7.89. The summed E-state index contributed by atoms with van der Waals surface area (Å²) in [6.45, 7) is 1.49. The summed E-state index contributed by atoms with van der Waals surface area (Å²) in [6, 6.07) is 16.0. The molecule has 0 aliphatic heterocycles. The van der Waals surface area contributed by atoms with E-state index in [0.717, 1.165) is 11.3 Å². The van der Waals surface area contributed by atoms with E-state index in [4.69, 9.17) is 9.88 Å². The molecule has 2 aromatic rings. The third-order valence-electron chi connectivity index (χ3n) is 3.32. The number of rotatable bonds is 7. The molecule has 8 heteroatoms. The topological polar surface area (TPSA) is 106 Å². The van der Waals surface area contributed by atoms with E-state index in [-0.39, 0.29) is 4.90 Å². The van der Waals surface area contributed by atoms with Crippen LogP contribution in [0.2, 0.25) is 0 Å². The predicted molar refractivity (Wildman–Crippen MR) is 98.0 cm³/mol. The first-order chi connectivity index (χ1) is 12.0. The molecule has 0 amide bonds. The average Bonchev–Trinajstić information content (AvgIpc) is 2.61. The van der Waals surface area contributed by atoms with E-state index in [2.05, 4.69) is 15.6 Å². The minimum atomic E-state index is -3.70. The van der Waals surface area contributed by atoms with E-state index in [1.165, 1.54) is 12.1 Å². The number of nitrogens with one attached hydrogen (secondary N) is 2. The molecule has 0 radical (unpaired) electrons. The van der Waals surface area contributed by atoms with Crippen molar-refractivity contribution in [1.82, 2.24) is 10.6 Å². The van der Waals surface area contributed by atoms with E-state index >= 15 is 0 Å². The van der Waals surface area contributed by atoms with Gasteiger partial charge in [-0.25, -0.2) is 13.6 Å². The van der Waals surface area contributed by atoms with Gasteiger partial charge in [0.25, 0.3) is 0 Å². The lowest BCUT2D eigenvalue weighted by atomic mass is 10.2. The molecule has 0 heterocycles. The van der Waals surface area contributed by atoms with Crippen LogP contribution in [0.25, 0.3) is 0 Å². The minimum Gasteiger partial charge on any atom is -0.492 e. The highest BCUT2D eigenvalue weighted by Gasteiger charge is 2.08. The Hall–Kier alpha value is -2.58. The Balaban J connectivity index is 1.79. The van der Waals surface area contributed by atoms with Crippen molar-refractivity contribution in [3.63, 3.8) is 0 Å². The van der Waals surface area contributed by atoms with E-state index in [0.29, 0.717) is 25.7 Å². The number of nitrogens with zero attached hydrogens (tertiary/aromatic N) is 1. The molecule has 0 aromatic heterocycles. The van der Waals surface area contributed by atoms with E-state index in [1.807, 2.05) is 36.4 Å². The summed E-state index contributed by atoms with van der Waals surface area (Å²) in [6.07, 6.45) is 0. The lowest BCUT2D eigenvalue weighted by molar-refractivity contribution is 0.322. The number of nitrogens with two attached hydrogens (primary N) is 1. The van der Waals surface area contributed by atoms with E-state index < -0.39 is 10.0 Å². The Kier molecular flexibility index (Phi) is 6.79. The van der Waals surface area contributed by atoms with Gasteiger partial charge in [0.05, 0.1) is 11.4 Å². The average molecular weight is 362 g/mol. The molecule has 0 unspecified atom stereocenters. The number of hydrogen-bond acceptors (Lipinski definition) is 4. The number of primary sulfonamides is 1. The van der Waals surface area contributed by atoms with Gasteiger partial charge in [0.2, 0.25) is 10.0 Å². The molecule has 0 aliphatic rings.